The van der Waals surface area contributed by atoms with Crippen LogP contribution in [-0.4, -0.2) is 120 Å². The minimum Gasteiger partial charge on any atom is -0.508 e. The summed E-state index contributed by atoms with van der Waals surface area (Å²) in [7, 11) is 5.89. The lowest BCUT2D eigenvalue weighted by Gasteiger charge is -2.72. The van der Waals surface area contributed by atoms with Gasteiger partial charge in [-0.3, -0.25) is 0 Å². The number of allylic oxidation sites excluding steroid dienone is 3. The summed E-state index contributed by atoms with van der Waals surface area (Å²) in [4.78, 5) is 19.9. The van der Waals surface area contributed by atoms with Crippen molar-refractivity contribution in [3.8, 4) is 11.5 Å². The van der Waals surface area contributed by atoms with Gasteiger partial charge in [-0.1, -0.05) is 102 Å². The lowest BCUT2D eigenvalue weighted by molar-refractivity contribution is -0.411. The summed E-state index contributed by atoms with van der Waals surface area (Å²) >= 11 is 0. The molecule has 27 unspecified atom stereocenters. The van der Waals surface area contributed by atoms with Crippen molar-refractivity contribution in [1.82, 2.24) is 10.3 Å². The van der Waals surface area contributed by atoms with Crippen molar-refractivity contribution in [2.45, 2.75) is 207 Å². The lowest BCUT2D eigenvalue weighted by Crippen LogP contribution is -2.83. The number of carbonyl (C=O) groups is 1. The molecule has 6 spiro atoms. The summed E-state index contributed by atoms with van der Waals surface area (Å²) in [5.74, 6) is -0.734. The van der Waals surface area contributed by atoms with Crippen LogP contribution in [-0.2, 0) is 31.0 Å². The number of aromatic amines is 1. The minimum absolute atomic E-state index is 0.0759. The van der Waals surface area contributed by atoms with Gasteiger partial charge in [-0.15, -0.1) is 0 Å². The van der Waals surface area contributed by atoms with Gasteiger partial charge >= 0.3 is 5.97 Å². The molecule has 8 bridgehead atoms. The fraction of sp³-hybridized carbons (Fsp3) is 0.658. The van der Waals surface area contributed by atoms with Crippen LogP contribution >= 0.6 is 21.6 Å². The fourth-order valence-electron chi connectivity index (χ4n) is 29.4. The number of phenols is 1. The monoisotopic (exact) mass is 1310 g/mol. The van der Waals surface area contributed by atoms with Gasteiger partial charge in [0.05, 0.1) is 47.6 Å². The van der Waals surface area contributed by atoms with E-state index in [-0.39, 0.29) is 70.5 Å². The van der Waals surface area contributed by atoms with Crippen molar-refractivity contribution in [3.63, 3.8) is 0 Å². The predicted molar refractivity (Wildman–Crippen MR) is 360 cm³/mol. The molecule has 13 fully saturated rings. The van der Waals surface area contributed by atoms with E-state index in [9.17, 15) is 20.4 Å². The number of carbonyl (C=O) groups excluding carboxylic acids is 1. The molecule has 13 nitrogen and oxygen atoms in total. The second kappa shape index (κ2) is 19.9. The summed E-state index contributed by atoms with van der Waals surface area (Å²) in [6.45, 7) is -0.467. The van der Waals surface area contributed by atoms with E-state index in [0.717, 1.165) is 129 Å². The summed E-state index contributed by atoms with van der Waals surface area (Å²) in [5, 5.41) is 91.2. The highest BCUT2D eigenvalue weighted by molar-refractivity contribution is 8.76. The topological polar surface area (TPSA) is 203 Å². The molecule has 94 heavy (non-hydrogen) atoms. The smallest absolute Gasteiger partial charge is 0.343 e. The van der Waals surface area contributed by atoms with Crippen LogP contribution in [0.1, 0.15) is 151 Å². The Balaban J connectivity index is 0.787. The zero-order chi connectivity index (χ0) is 63.0. The van der Waals surface area contributed by atoms with Crippen molar-refractivity contribution in [2.24, 2.45) is 92.2 Å². The first-order valence-electron chi connectivity index (χ1n) is 36.9. The van der Waals surface area contributed by atoms with Crippen molar-refractivity contribution in [1.29, 1.82) is 0 Å². The quantitative estimate of drug-likeness (QED) is 0.0345. The van der Waals surface area contributed by atoms with E-state index in [4.69, 9.17) is 18.9 Å². The molecule has 3 saturated heterocycles. The van der Waals surface area contributed by atoms with E-state index in [0.29, 0.717) is 59.7 Å². The third-order valence-electron chi connectivity index (χ3n) is 32.1. The number of hydrogen-bond donors (Lipinski definition) is 8. The number of hydrogen-bond acceptors (Lipinski definition) is 14. The van der Waals surface area contributed by atoms with Crippen molar-refractivity contribution in [2.75, 3.05) is 18.6 Å². The highest BCUT2D eigenvalue weighted by Gasteiger charge is 2.91. The number of phenolic OH excluding ortho intramolecular Hbond substituents is 1. The molecule has 1 aromatic heterocycles. The number of ether oxygens (including phenoxy) is 4. The van der Waals surface area contributed by atoms with E-state index in [1.165, 1.54) is 24.0 Å². The summed E-state index contributed by atoms with van der Waals surface area (Å²) in [6, 6.07) is 22.5. The van der Waals surface area contributed by atoms with Gasteiger partial charge in [0, 0.05) is 45.6 Å². The van der Waals surface area contributed by atoms with Crippen LogP contribution in [0.4, 0.5) is 0 Å². The Kier molecular flexibility index (Phi) is 12.5. The van der Waals surface area contributed by atoms with Gasteiger partial charge in [0.2, 0.25) is 5.79 Å². The van der Waals surface area contributed by atoms with Crippen LogP contribution < -0.4 is 10.1 Å². The predicted octanol–water partition coefficient (Wildman–Crippen LogP) is 12.4. The molecule has 27 atom stereocenters. The Morgan fingerprint density at radius 1 is 0.755 bits per heavy atom. The van der Waals surface area contributed by atoms with Crippen molar-refractivity contribution < 1.29 is 54.4 Å². The molecule has 8 N–H and O–H groups in total. The first-order valence-corrected chi connectivity index (χ1v) is 39.4. The summed E-state index contributed by atoms with van der Waals surface area (Å²) in [5.41, 5.74) is -2.49. The van der Waals surface area contributed by atoms with Gasteiger partial charge in [-0.05, 0) is 255 Å². The Hall–Kier alpha value is -3.97. The Bertz CT molecular complexity index is 4100. The highest BCUT2D eigenvalue weighted by Crippen LogP contribution is 2.89. The fourth-order valence-corrected chi connectivity index (χ4v) is 32.2. The van der Waals surface area contributed by atoms with Crippen molar-refractivity contribution >= 4 is 60.0 Å². The number of aromatic nitrogens is 1. The molecular formula is C79H92N2O11S2. The molecule has 0 radical (unpaired) electrons. The number of fused-ring (bicyclic) bond motifs is 11. The number of aliphatic hydroxyl groups excluding tert-OH is 3. The standard InChI is InChI=1S/C79H92N2O11S2/c1-80-60-39-94-93-38-55-50-17-12-43-30-46-23-26-75(77(46,64(43)50)56-18-16-48(83)32-52(55)56)67(84)54(60)33-53-57-36-76(73-24-6-9-45(73)15-21-62-72-25-22-44(34-72)61(89-49-10-4-5-11-49)20-14-47(72)35-74(62,76)28-27-73)71(86)79(88)78(57,87)69(91-68(53)75)66(92-79)70(85)90-65-59(37-82)81-58-19-13-42-29-40-7-2-3-8-41(40)31-51(42)63(58)65/h2-3,7-8,13-16,18-21,29,31-32,43-47,49-50,53-55,57,60-62,64,66-69,71,80-84,86-88H,4-6,9-12,17,22-28,30,33-39H2,1H3. The number of nitrogens with one attached hydrogen (secondary N) is 2. The molecule has 10 saturated carbocycles. The summed E-state index contributed by atoms with van der Waals surface area (Å²) < 4.78 is 29.6. The third kappa shape index (κ3) is 6.76. The maximum atomic E-state index is 16.5. The van der Waals surface area contributed by atoms with Crippen LogP contribution in [0, 0.1) is 92.2 Å². The first-order chi connectivity index (χ1) is 45.7. The molecule has 4 aromatic carbocycles. The van der Waals surface area contributed by atoms with Crippen LogP contribution in [0.25, 0.3) is 32.4 Å². The zero-order valence-electron chi connectivity index (χ0n) is 54.0. The molecule has 4 aliphatic heterocycles. The van der Waals surface area contributed by atoms with E-state index in [1.54, 1.807) is 0 Å². The van der Waals surface area contributed by atoms with Gasteiger partial charge in [0.1, 0.15) is 18.0 Å². The number of aromatic hydroxyl groups is 1. The lowest BCUT2D eigenvalue weighted by atomic mass is 9.36. The van der Waals surface area contributed by atoms with E-state index in [1.807, 2.05) is 51.9 Å². The van der Waals surface area contributed by atoms with Gasteiger partial charge in [0.15, 0.2) is 17.5 Å². The van der Waals surface area contributed by atoms with Crippen molar-refractivity contribution in [3.05, 3.63) is 108 Å². The van der Waals surface area contributed by atoms with Crippen LogP contribution in [0.2, 0.25) is 0 Å². The Morgan fingerprint density at radius 3 is 2.44 bits per heavy atom. The number of H-pyrrole nitrogens is 1. The van der Waals surface area contributed by atoms with E-state index in [2.05, 4.69) is 78.1 Å². The van der Waals surface area contributed by atoms with E-state index < -0.39 is 93.4 Å². The molecule has 5 aromatic rings. The molecule has 0 amide bonds. The minimum atomic E-state index is -2.72. The summed E-state index contributed by atoms with van der Waals surface area (Å²) in [6.07, 6.45) is 23.4. The van der Waals surface area contributed by atoms with Gasteiger partial charge < -0.3 is 59.9 Å². The Labute approximate surface area is 558 Å². The van der Waals surface area contributed by atoms with Crippen LogP contribution in [0.15, 0.2) is 91.0 Å². The zero-order valence-corrected chi connectivity index (χ0v) is 55.6. The molecule has 5 heterocycles. The second-order valence-corrected chi connectivity index (χ2v) is 36.6. The molecule has 13 aliphatic carbocycles. The number of aliphatic hydroxyl groups is 5. The van der Waals surface area contributed by atoms with Crippen LogP contribution in [0.5, 0.6) is 11.5 Å². The van der Waals surface area contributed by atoms with Gasteiger partial charge in [-0.25, -0.2) is 4.79 Å². The number of esters is 1. The number of benzene rings is 4. The molecule has 17 aliphatic rings. The van der Waals surface area contributed by atoms with E-state index >= 15 is 15.0 Å². The maximum Gasteiger partial charge on any atom is 0.343 e. The largest absolute Gasteiger partial charge is 0.508 e. The molecule has 22 rings (SSSR count). The molecular weight excluding hydrogens is 1220 g/mol. The van der Waals surface area contributed by atoms with Gasteiger partial charge in [-0.2, -0.15) is 0 Å². The first kappa shape index (κ1) is 58.9. The normalized spacial score (nSPS) is 50.1. The third-order valence-corrected chi connectivity index (χ3v) is 34.6. The molecule has 15 heteroatoms. The van der Waals surface area contributed by atoms with Crippen LogP contribution in [0.3, 0.4) is 0 Å². The number of rotatable bonds is 6. The molecule has 496 valence electrons. The highest BCUT2D eigenvalue weighted by atomic mass is 33.1. The second-order valence-electron chi connectivity index (χ2n) is 34.0. The Morgan fingerprint density at radius 2 is 1.59 bits per heavy atom. The van der Waals surface area contributed by atoms with Gasteiger partial charge in [0.25, 0.3) is 0 Å². The average Bonchev–Trinajstić information content (AvgIpc) is 1.43. The average molecular weight is 1310 g/mol. The maximum absolute atomic E-state index is 16.5. The SMILES string of the molecule is CNC1CSSCC2c3cc(O)ccc3C34C(CCC35C(O)C1CC1C3CC6(C(O)C7(O)OC(C(=O)Oc8c(CO)[nH]c9ccc%10cc%11ccccc%11cc%10c89)C(OC15)C37O)C13CCCC1C=CC1C57CCC(C5)C(OC5CCCC5)C=CC7CC16CC3)CC1CCC2C14.